The Hall–Kier alpha value is -2.50. The number of rotatable bonds is 7. The van der Waals surface area contributed by atoms with E-state index in [0.29, 0.717) is 23.7 Å². The number of amides is 2. The van der Waals surface area contributed by atoms with E-state index in [1.54, 1.807) is 31.2 Å². The minimum atomic E-state index is -0.507. The fraction of sp³-hybridized carbons (Fsp3) is 0.375. The van der Waals surface area contributed by atoms with Gasteiger partial charge >= 0.3 is 6.09 Å². The maximum absolute atomic E-state index is 11.7. The van der Waals surface area contributed by atoms with Gasteiger partial charge in [0.2, 0.25) is 0 Å². The third kappa shape index (κ3) is 6.78. The highest BCUT2D eigenvalue weighted by atomic mass is 16.6. The molecule has 0 aliphatic rings. The van der Waals surface area contributed by atoms with Gasteiger partial charge in [-0.2, -0.15) is 0 Å². The zero-order valence-corrected chi connectivity index (χ0v) is 13.1. The quantitative estimate of drug-likeness (QED) is 0.461. The molecule has 0 spiro atoms. The number of methoxy groups -OCH3 is 1. The SMILES string of the molecule is CCCCNC(=O)Oc1cccc(NC(=O)C=C(C)OC)c1. The van der Waals surface area contributed by atoms with Crippen LogP contribution in [0.4, 0.5) is 10.5 Å². The Morgan fingerprint density at radius 3 is 2.77 bits per heavy atom. The smallest absolute Gasteiger partial charge is 0.412 e. The second-order valence-corrected chi connectivity index (χ2v) is 4.65. The number of nitrogens with one attached hydrogen (secondary N) is 2. The predicted octanol–water partition coefficient (Wildman–Crippen LogP) is 3.06. The average Bonchev–Trinajstić information content (AvgIpc) is 2.47. The highest BCUT2D eigenvalue weighted by Crippen LogP contribution is 2.17. The molecular formula is C16H22N2O4. The summed E-state index contributed by atoms with van der Waals surface area (Å²) in [5.41, 5.74) is 0.531. The lowest BCUT2D eigenvalue weighted by molar-refractivity contribution is -0.112. The zero-order chi connectivity index (χ0) is 16.4. The molecule has 120 valence electrons. The van der Waals surface area contributed by atoms with Crippen LogP contribution in [0.2, 0.25) is 0 Å². The normalized spacial score (nSPS) is 10.8. The van der Waals surface area contributed by atoms with Crippen molar-refractivity contribution in [2.24, 2.45) is 0 Å². The van der Waals surface area contributed by atoms with Crippen molar-refractivity contribution in [1.29, 1.82) is 0 Å². The summed E-state index contributed by atoms with van der Waals surface area (Å²) >= 11 is 0. The van der Waals surface area contributed by atoms with Crippen LogP contribution < -0.4 is 15.4 Å². The summed E-state index contributed by atoms with van der Waals surface area (Å²) in [6, 6.07) is 6.62. The van der Waals surface area contributed by atoms with Crippen molar-refractivity contribution in [3.05, 3.63) is 36.1 Å². The van der Waals surface area contributed by atoms with Gasteiger partial charge in [-0.15, -0.1) is 0 Å². The van der Waals surface area contributed by atoms with Gasteiger partial charge < -0.3 is 20.1 Å². The summed E-state index contributed by atoms with van der Waals surface area (Å²) < 4.78 is 10.0. The third-order valence-electron chi connectivity index (χ3n) is 2.77. The lowest BCUT2D eigenvalue weighted by atomic mass is 10.3. The summed E-state index contributed by atoms with van der Waals surface area (Å²) in [5, 5.41) is 5.32. The lowest BCUT2D eigenvalue weighted by Gasteiger charge is -2.08. The first kappa shape index (κ1) is 17.6. The predicted molar refractivity (Wildman–Crippen MR) is 84.8 cm³/mol. The molecule has 22 heavy (non-hydrogen) atoms. The molecule has 0 saturated heterocycles. The Balaban J connectivity index is 2.58. The molecule has 6 heteroatoms. The van der Waals surface area contributed by atoms with Gasteiger partial charge in [0, 0.05) is 24.4 Å². The van der Waals surface area contributed by atoms with Gasteiger partial charge in [0.05, 0.1) is 12.9 Å². The van der Waals surface area contributed by atoms with E-state index in [2.05, 4.69) is 10.6 Å². The molecule has 0 bridgehead atoms. The molecule has 0 fully saturated rings. The van der Waals surface area contributed by atoms with Gasteiger partial charge in [-0.1, -0.05) is 19.4 Å². The topological polar surface area (TPSA) is 76.7 Å². The molecule has 0 aliphatic heterocycles. The molecule has 1 aromatic rings. The first-order chi connectivity index (χ1) is 10.5. The van der Waals surface area contributed by atoms with E-state index in [0.717, 1.165) is 12.8 Å². The van der Waals surface area contributed by atoms with Gasteiger partial charge in [0.15, 0.2) is 0 Å². The van der Waals surface area contributed by atoms with E-state index in [1.807, 2.05) is 6.92 Å². The van der Waals surface area contributed by atoms with Gasteiger partial charge in [0.25, 0.3) is 5.91 Å². The molecule has 0 radical (unpaired) electrons. The van der Waals surface area contributed by atoms with E-state index in [4.69, 9.17) is 9.47 Å². The number of allylic oxidation sites excluding steroid dienone is 1. The number of hydrogen-bond donors (Lipinski definition) is 2. The molecule has 1 rings (SSSR count). The number of ether oxygens (including phenoxy) is 2. The van der Waals surface area contributed by atoms with Gasteiger partial charge in [-0.25, -0.2) is 4.79 Å². The average molecular weight is 306 g/mol. The van der Waals surface area contributed by atoms with Crippen LogP contribution in [0.1, 0.15) is 26.7 Å². The maximum atomic E-state index is 11.7. The van der Waals surface area contributed by atoms with Crippen LogP contribution in [0, 0.1) is 0 Å². The van der Waals surface area contributed by atoms with E-state index in [1.165, 1.54) is 13.2 Å². The van der Waals surface area contributed by atoms with E-state index >= 15 is 0 Å². The highest BCUT2D eigenvalue weighted by molar-refractivity contribution is 5.99. The van der Waals surface area contributed by atoms with Crippen LogP contribution >= 0.6 is 0 Å². The van der Waals surface area contributed by atoms with E-state index in [-0.39, 0.29) is 5.91 Å². The van der Waals surface area contributed by atoms with Crippen LogP contribution in [-0.2, 0) is 9.53 Å². The number of carbonyl (C=O) groups excluding carboxylic acids is 2. The van der Waals surface area contributed by atoms with Gasteiger partial charge in [-0.3, -0.25) is 4.79 Å². The van der Waals surface area contributed by atoms with Crippen molar-refractivity contribution in [2.75, 3.05) is 19.0 Å². The van der Waals surface area contributed by atoms with Crippen molar-refractivity contribution in [2.45, 2.75) is 26.7 Å². The summed E-state index contributed by atoms with van der Waals surface area (Å²) in [5.74, 6) is 0.545. The number of unbranched alkanes of at least 4 members (excludes halogenated alkanes) is 1. The zero-order valence-electron chi connectivity index (χ0n) is 13.1. The lowest BCUT2D eigenvalue weighted by Crippen LogP contribution is -2.27. The Bertz CT molecular complexity index is 541. The Morgan fingerprint density at radius 2 is 2.09 bits per heavy atom. The summed E-state index contributed by atoms with van der Waals surface area (Å²) in [6.07, 6.45) is 2.73. The minimum Gasteiger partial charge on any atom is -0.501 e. The second kappa shape index (κ2) is 9.44. The van der Waals surface area contributed by atoms with Crippen molar-refractivity contribution in [1.82, 2.24) is 5.32 Å². The third-order valence-corrected chi connectivity index (χ3v) is 2.77. The largest absolute Gasteiger partial charge is 0.501 e. The van der Waals surface area contributed by atoms with Gasteiger partial charge in [-0.05, 0) is 25.5 Å². The standard InChI is InChI=1S/C16H22N2O4/c1-4-5-9-17-16(20)22-14-8-6-7-13(11-14)18-15(19)10-12(2)21-3/h6-8,10-11H,4-5,9H2,1-3H3,(H,17,20)(H,18,19). The first-order valence-electron chi connectivity index (χ1n) is 7.14. The first-order valence-corrected chi connectivity index (χ1v) is 7.14. The molecule has 0 aliphatic carbocycles. The van der Waals surface area contributed by atoms with Crippen molar-refractivity contribution in [3.8, 4) is 5.75 Å². The molecule has 0 unspecified atom stereocenters. The Kier molecular flexibility index (Phi) is 7.53. The number of carbonyl (C=O) groups is 2. The molecule has 0 atom stereocenters. The monoisotopic (exact) mass is 306 g/mol. The molecule has 0 saturated carbocycles. The highest BCUT2D eigenvalue weighted by Gasteiger charge is 2.05. The minimum absolute atomic E-state index is 0.316. The second-order valence-electron chi connectivity index (χ2n) is 4.65. The van der Waals surface area contributed by atoms with Crippen molar-refractivity contribution >= 4 is 17.7 Å². The Morgan fingerprint density at radius 1 is 1.32 bits per heavy atom. The van der Waals surface area contributed by atoms with Gasteiger partial charge in [0.1, 0.15) is 5.75 Å². The molecule has 2 N–H and O–H groups in total. The molecular weight excluding hydrogens is 284 g/mol. The maximum Gasteiger partial charge on any atom is 0.412 e. The fourth-order valence-corrected chi connectivity index (χ4v) is 1.57. The van der Waals surface area contributed by atoms with Crippen LogP contribution in [-0.4, -0.2) is 25.7 Å². The van der Waals surface area contributed by atoms with Crippen LogP contribution in [0.3, 0.4) is 0 Å². The number of benzene rings is 1. The van der Waals surface area contributed by atoms with Crippen LogP contribution in [0.5, 0.6) is 5.75 Å². The van der Waals surface area contributed by atoms with E-state index in [9.17, 15) is 9.59 Å². The Labute approximate surface area is 130 Å². The molecule has 6 nitrogen and oxygen atoms in total. The number of anilines is 1. The molecule has 2 amide bonds. The van der Waals surface area contributed by atoms with Crippen LogP contribution in [0.15, 0.2) is 36.1 Å². The molecule has 0 heterocycles. The summed E-state index contributed by atoms with van der Waals surface area (Å²) in [4.78, 5) is 23.3. The fourth-order valence-electron chi connectivity index (χ4n) is 1.57. The van der Waals surface area contributed by atoms with Crippen LogP contribution in [0.25, 0.3) is 0 Å². The van der Waals surface area contributed by atoms with Crippen molar-refractivity contribution < 1.29 is 19.1 Å². The summed E-state index contributed by atoms with van der Waals surface area (Å²) in [6.45, 7) is 4.30. The molecule has 1 aromatic carbocycles. The molecule has 0 aromatic heterocycles. The van der Waals surface area contributed by atoms with E-state index < -0.39 is 6.09 Å². The summed E-state index contributed by atoms with van der Waals surface area (Å²) in [7, 11) is 1.49. The number of hydrogen-bond acceptors (Lipinski definition) is 4. The van der Waals surface area contributed by atoms with Crippen molar-refractivity contribution in [3.63, 3.8) is 0 Å².